The number of benzene rings is 1. The molecule has 1 rings (SSSR count). The highest BCUT2D eigenvalue weighted by molar-refractivity contribution is 5.89. The van der Waals surface area contributed by atoms with Crippen LogP contribution in [0.5, 0.6) is 0 Å². The van der Waals surface area contributed by atoms with Crippen LogP contribution in [0.1, 0.15) is 56.0 Å². The maximum atomic E-state index is 12.0. The van der Waals surface area contributed by atoms with E-state index in [1.165, 1.54) is 0 Å². The van der Waals surface area contributed by atoms with Gasteiger partial charge >= 0.3 is 12.1 Å². The van der Waals surface area contributed by atoms with Crippen LogP contribution in [0.15, 0.2) is 24.3 Å². The molecule has 0 aliphatic rings. The molecule has 0 aliphatic heterocycles. The van der Waals surface area contributed by atoms with Gasteiger partial charge in [-0.05, 0) is 39.3 Å². The van der Waals surface area contributed by atoms with Crippen molar-refractivity contribution >= 4 is 12.1 Å². The van der Waals surface area contributed by atoms with Gasteiger partial charge in [0.25, 0.3) is 0 Å². The lowest BCUT2D eigenvalue weighted by Gasteiger charge is -2.18. The van der Waals surface area contributed by atoms with Gasteiger partial charge in [0.2, 0.25) is 0 Å². The molecule has 0 aliphatic carbocycles. The number of carbonyl (C=O) groups is 2. The number of esters is 1. The predicted molar refractivity (Wildman–Crippen MR) is 87.5 cm³/mol. The molecule has 5 nitrogen and oxygen atoms in total. The van der Waals surface area contributed by atoms with Gasteiger partial charge < -0.3 is 14.2 Å². The van der Waals surface area contributed by atoms with E-state index in [9.17, 15) is 9.59 Å². The van der Waals surface area contributed by atoms with E-state index in [4.69, 9.17) is 14.2 Å². The summed E-state index contributed by atoms with van der Waals surface area (Å²) in [5, 5.41) is 0. The number of unbranched alkanes of at least 4 members (excludes halogenated alkanes) is 1. The number of carbonyl (C=O) groups excluding carboxylic acids is 2. The molecule has 0 N–H and O–H groups in total. The number of aryl methyl sites for hydroxylation is 1. The second kappa shape index (κ2) is 9.87. The van der Waals surface area contributed by atoms with Crippen LogP contribution in [-0.4, -0.2) is 30.9 Å². The van der Waals surface area contributed by atoms with Crippen LogP contribution < -0.4 is 0 Å². The lowest BCUT2D eigenvalue weighted by atomic mass is 10.1. The second-order valence-corrected chi connectivity index (χ2v) is 5.70. The Morgan fingerprint density at radius 3 is 2.26 bits per heavy atom. The van der Waals surface area contributed by atoms with Gasteiger partial charge in [-0.2, -0.15) is 0 Å². The number of hydrogen-bond acceptors (Lipinski definition) is 5. The summed E-state index contributed by atoms with van der Waals surface area (Å²) < 4.78 is 15.4. The van der Waals surface area contributed by atoms with E-state index in [0.29, 0.717) is 18.6 Å². The first-order valence-corrected chi connectivity index (χ1v) is 8.03. The van der Waals surface area contributed by atoms with Crippen LogP contribution in [0.2, 0.25) is 0 Å². The van der Waals surface area contributed by atoms with Crippen molar-refractivity contribution in [2.75, 3.05) is 6.61 Å². The molecule has 0 radical (unpaired) electrons. The second-order valence-electron chi connectivity index (χ2n) is 5.70. The van der Waals surface area contributed by atoms with Crippen molar-refractivity contribution in [2.24, 2.45) is 0 Å². The molecule has 0 spiro atoms. The zero-order chi connectivity index (χ0) is 17.2. The molecular formula is C18H26O5. The highest BCUT2D eigenvalue weighted by Crippen LogP contribution is 2.11. The van der Waals surface area contributed by atoms with Crippen molar-refractivity contribution in [1.29, 1.82) is 0 Å². The quantitative estimate of drug-likeness (QED) is 0.528. The first-order valence-electron chi connectivity index (χ1n) is 8.03. The molecule has 128 valence electrons. The first-order chi connectivity index (χ1) is 10.9. The van der Waals surface area contributed by atoms with Gasteiger partial charge in [-0.15, -0.1) is 0 Å². The fourth-order valence-corrected chi connectivity index (χ4v) is 2.00. The zero-order valence-corrected chi connectivity index (χ0v) is 14.3. The molecule has 0 saturated heterocycles. The topological polar surface area (TPSA) is 61.8 Å². The molecule has 2 unspecified atom stereocenters. The minimum Gasteiger partial charge on any atom is -0.459 e. The Morgan fingerprint density at radius 2 is 1.65 bits per heavy atom. The van der Waals surface area contributed by atoms with Gasteiger partial charge in [-0.1, -0.05) is 31.0 Å². The summed E-state index contributed by atoms with van der Waals surface area (Å²) >= 11 is 0. The minimum absolute atomic E-state index is 0.359. The van der Waals surface area contributed by atoms with Crippen molar-refractivity contribution in [2.45, 2.75) is 59.2 Å². The van der Waals surface area contributed by atoms with E-state index in [1.807, 2.05) is 26.0 Å². The normalized spacial score (nSPS) is 13.0. The van der Waals surface area contributed by atoms with Crippen LogP contribution in [0, 0.1) is 6.92 Å². The van der Waals surface area contributed by atoms with Gasteiger partial charge in [-0.3, -0.25) is 0 Å². The minimum atomic E-state index is -0.678. The van der Waals surface area contributed by atoms with Crippen LogP contribution in [0.25, 0.3) is 0 Å². The molecule has 0 bridgehead atoms. The lowest BCUT2D eigenvalue weighted by molar-refractivity contribution is 0.000162. The number of hydrogen-bond donors (Lipinski definition) is 0. The van der Waals surface area contributed by atoms with E-state index >= 15 is 0 Å². The maximum absolute atomic E-state index is 12.0. The van der Waals surface area contributed by atoms with E-state index in [2.05, 4.69) is 0 Å². The molecule has 23 heavy (non-hydrogen) atoms. The lowest BCUT2D eigenvalue weighted by Crippen LogP contribution is -2.24. The summed E-state index contributed by atoms with van der Waals surface area (Å²) in [6.45, 7) is 7.85. The smallest absolute Gasteiger partial charge is 0.459 e. The molecule has 0 aromatic heterocycles. The van der Waals surface area contributed by atoms with Crippen molar-refractivity contribution in [3.63, 3.8) is 0 Å². The summed E-state index contributed by atoms with van der Waals surface area (Å²) in [5.74, 6) is -0.379. The summed E-state index contributed by atoms with van der Waals surface area (Å²) in [7, 11) is 0. The molecular weight excluding hydrogens is 296 g/mol. The fraction of sp³-hybridized carbons (Fsp3) is 0.556. The van der Waals surface area contributed by atoms with Crippen molar-refractivity contribution in [3.05, 3.63) is 35.4 Å². The largest absolute Gasteiger partial charge is 0.508 e. The third-order valence-corrected chi connectivity index (χ3v) is 3.27. The van der Waals surface area contributed by atoms with Gasteiger partial charge in [0, 0.05) is 6.42 Å². The average molecular weight is 322 g/mol. The van der Waals surface area contributed by atoms with Crippen LogP contribution in [-0.2, 0) is 14.2 Å². The van der Waals surface area contributed by atoms with Gasteiger partial charge in [0.05, 0.1) is 12.2 Å². The molecule has 1 aromatic rings. The molecule has 0 amide bonds. The Bertz CT molecular complexity index is 495. The highest BCUT2D eigenvalue weighted by atomic mass is 16.7. The van der Waals surface area contributed by atoms with Crippen molar-refractivity contribution in [1.82, 2.24) is 0 Å². The standard InChI is InChI=1S/C18H26O5/c1-5-6-11-21-18(20)23-15(4)12-14(3)22-17(19)16-9-7-13(2)8-10-16/h7-10,14-15H,5-6,11-12H2,1-4H3. The van der Waals surface area contributed by atoms with Gasteiger partial charge in [0.1, 0.15) is 12.2 Å². The summed E-state index contributed by atoms with van der Waals surface area (Å²) in [6, 6.07) is 7.18. The Labute approximate surface area is 137 Å². The van der Waals surface area contributed by atoms with E-state index in [0.717, 1.165) is 18.4 Å². The molecule has 1 aromatic carbocycles. The predicted octanol–water partition coefficient (Wildman–Crippen LogP) is 4.27. The zero-order valence-electron chi connectivity index (χ0n) is 14.3. The van der Waals surface area contributed by atoms with Crippen LogP contribution >= 0.6 is 0 Å². The van der Waals surface area contributed by atoms with E-state index in [-0.39, 0.29) is 18.2 Å². The maximum Gasteiger partial charge on any atom is 0.508 e. The fourth-order valence-electron chi connectivity index (χ4n) is 2.00. The van der Waals surface area contributed by atoms with Crippen molar-refractivity contribution < 1.29 is 23.8 Å². The third kappa shape index (κ3) is 7.68. The molecule has 5 heteroatoms. The molecule has 0 heterocycles. The van der Waals surface area contributed by atoms with Gasteiger partial charge in [-0.25, -0.2) is 9.59 Å². The summed E-state index contributed by atoms with van der Waals surface area (Å²) in [4.78, 5) is 23.4. The van der Waals surface area contributed by atoms with E-state index < -0.39 is 6.16 Å². The average Bonchev–Trinajstić information content (AvgIpc) is 2.47. The van der Waals surface area contributed by atoms with Crippen LogP contribution in [0.3, 0.4) is 0 Å². The Hall–Kier alpha value is -2.04. The molecule has 2 atom stereocenters. The van der Waals surface area contributed by atoms with E-state index in [1.54, 1.807) is 26.0 Å². The highest BCUT2D eigenvalue weighted by Gasteiger charge is 2.18. The van der Waals surface area contributed by atoms with Crippen molar-refractivity contribution in [3.8, 4) is 0 Å². The molecule has 0 saturated carbocycles. The SMILES string of the molecule is CCCCOC(=O)OC(C)CC(C)OC(=O)c1ccc(C)cc1. The monoisotopic (exact) mass is 322 g/mol. The molecule has 0 fully saturated rings. The van der Waals surface area contributed by atoms with Crippen LogP contribution in [0.4, 0.5) is 4.79 Å². The van der Waals surface area contributed by atoms with Gasteiger partial charge in [0.15, 0.2) is 0 Å². The third-order valence-electron chi connectivity index (χ3n) is 3.27. The number of ether oxygens (including phenoxy) is 3. The Morgan fingerprint density at radius 1 is 1.04 bits per heavy atom. The Balaban J connectivity index is 2.34. The summed E-state index contributed by atoms with van der Waals surface area (Å²) in [5.41, 5.74) is 1.59. The Kier molecular flexibility index (Phi) is 8.16. The summed E-state index contributed by atoms with van der Waals surface area (Å²) in [6.07, 6.45) is 0.763. The first kappa shape index (κ1) is 19.0. The number of rotatable bonds is 8.